The van der Waals surface area contributed by atoms with Gasteiger partial charge in [0.05, 0.1) is 12.5 Å². The van der Waals surface area contributed by atoms with Gasteiger partial charge in [0.15, 0.2) is 5.54 Å². The number of urea groups is 1. The third-order valence-electron chi connectivity index (χ3n) is 5.08. The second-order valence-corrected chi connectivity index (χ2v) is 8.68. The Morgan fingerprint density at radius 2 is 1.63 bits per heavy atom. The smallest absolute Gasteiger partial charge is 0.334 e. The number of β-lactam (4-membered cyclic amide) rings is 1. The van der Waals surface area contributed by atoms with Gasteiger partial charge >= 0.3 is 12.0 Å². The fourth-order valence-corrected chi connectivity index (χ4v) is 3.62. The van der Waals surface area contributed by atoms with Gasteiger partial charge in [-0.1, -0.05) is 60.7 Å². The van der Waals surface area contributed by atoms with Crippen molar-refractivity contribution in [2.75, 3.05) is 0 Å². The second kappa shape index (κ2) is 8.30. The summed E-state index contributed by atoms with van der Waals surface area (Å²) in [6.07, 6.45) is 0.144. The Morgan fingerprint density at radius 3 is 2.17 bits per heavy atom. The highest BCUT2D eigenvalue weighted by Gasteiger charge is 2.61. The molecular weight excluding hydrogens is 380 g/mol. The van der Waals surface area contributed by atoms with Crippen LogP contribution >= 0.6 is 0 Å². The van der Waals surface area contributed by atoms with E-state index in [9.17, 15) is 14.4 Å². The highest BCUT2D eigenvalue weighted by molar-refractivity contribution is 6.09. The Kier molecular flexibility index (Phi) is 5.97. The number of carbonyl (C=O) groups excluding carboxylic acids is 3. The van der Waals surface area contributed by atoms with Gasteiger partial charge in [-0.2, -0.15) is 0 Å². The molecule has 1 aliphatic rings. The van der Waals surface area contributed by atoms with Crippen LogP contribution in [0.1, 0.15) is 51.3 Å². The van der Waals surface area contributed by atoms with Crippen molar-refractivity contribution in [1.29, 1.82) is 0 Å². The molecule has 0 aliphatic carbocycles. The number of hydrogen-bond donors (Lipinski definition) is 1. The van der Waals surface area contributed by atoms with Crippen LogP contribution in [0.2, 0.25) is 0 Å². The number of carbonyl (C=O) groups is 3. The summed E-state index contributed by atoms with van der Waals surface area (Å²) in [6.45, 7) is 7.14. The van der Waals surface area contributed by atoms with E-state index in [0.717, 1.165) is 16.0 Å². The Bertz CT molecular complexity index is 921. The minimum Gasteiger partial charge on any atom is -0.458 e. The molecule has 6 heteroatoms. The summed E-state index contributed by atoms with van der Waals surface area (Å²) in [5.74, 6) is -0.962. The van der Waals surface area contributed by atoms with Gasteiger partial charge in [0.1, 0.15) is 5.60 Å². The van der Waals surface area contributed by atoms with Crippen LogP contribution in [0.4, 0.5) is 4.79 Å². The molecule has 30 heavy (non-hydrogen) atoms. The van der Waals surface area contributed by atoms with Crippen LogP contribution in [-0.4, -0.2) is 33.9 Å². The number of nitrogens with one attached hydrogen (secondary N) is 1. The van der Waals surface area contributed by atoms with E-state index in [1.54, 1.807) is 20.8 Å². The molecule has 0 spiro atoms. The molecule has 1 fully saturated rings. The highest BCUT2D eigenvalue weighted by atomic mass is 16.6. The molecule has 2 aromatic carbocycles. The number of rotatable bonds is 5. The number of benzene rings is 2. The van der Waals surface area contributed by atoms with E-state index in [4.69, 9.17) is 4.74 Å². The average molecular weight is 408 g/mol. The fourth-order valence-electron chi connectivity index (χ4n) is 3.62. The van der Waals surface area contributed by atoms with Crippen molar-refractivity contribution in [3.8, 4) is 0 Å². The third kappa shape index (κ3) is 4.53. The minimum atomic E-state index is -1.35. The standard InChI is InChI=1S/C24H28N2O4/c1-17(19-13-9-6-10-14-19)25-22(29)26-20(27)16-24(26,21(28)30-23(2,3)4)15-18-11-7-5-8-12-18/h5-14,17H,15-16H2,1-4H3,(H,25,29)/t17-,24+/m1/s1. The lowest BCUT2D eigenvalue weighted by atomic mass is 9.78. The van der Waals surface area contributed by atoms with Crippen LogP contribution in [0.5, 0.6) is 0 Å². The largest absolute Gasteiger partial charge is 0.458 e. The van der Waals surface area contributed by atoms with Crippen molar-refractivity contribution in [2.24, 2.45) is 0 Å². The molecule has 3 amide bonds. The van der Waals surface area contributed by atoms with Crippen molar-refractivity contribution >= 4 is 17.9 Å². The number of hydrogen-bond acceptors (Lipinski definition) is 4. The van der Waals surface area contributed by atoms with E-state index in [-0.39, 0.29) is 18.9 Å². The zero-order chi connectivity index (χ0) is 21.9. The third-order valence-corrected chi connectivity index (χ3v) is 5.08. The molecule has 0 aromatic heterocycles. The first-order chi connectivity index (χ1) is 14.1. The van der Waals surface area contributed by atoms with E-state index < -0.39 is 29.0 Å². The first-order valence-electron chi connectivity index (χ1n) is 10.1. The molecule has 1 aliphatic heterocycles. The van der Waals surface area contributed by atoms with Gasteiger partial charge in [-0.3, -0.25) is 4.79 Å². The summed E-state index contributed by atoms with van der Waals surface area (Å²) < 4.78 is 5.62. The number of amides is 3. The highest BCUT2D eigenvalue weighted by Crippen LogP contribution is 2.38. The van der Waals surface area contributed by atoms with Crippen molar-refractivity contribution in [2.45, 2.75) is 57.7 Å². The Balaban J connectivity index is 1.88. The summed E-state index contributed by atoms with van der Waals surface area (Å²) in [6, 6.07) is 17.9. The van der Waals surface area contributed by atoms with Gasteiger partial charge in [-0.25, -0.2) is 14.5 Å². The number of likely N-dealkylation sites (tertiary alicyclic amines) is 1. The molecular formula is C24H28N2O4. The van der Waals surface area contributed by atoms with Crippen LogP contribution < -0.4 is 5.32 Å². The Hall–Kier alpha value is -3.15. The van der Waals surface area contributed by atoms with Gasteiger partial charge in [0.25, 0.3) is 0 Å². The first kappa shape index (κ1) is 21.6. The maximum absolute atomic E-state index is 13.2. The van der Waals surface area contributed by atoms with Crippen LogP contribution in [-0.2, 0) is 20.7 Å². The first-order valence-corrected chi connectivity index (χ1v) is 10.1. The lowest BCUT2D eigenvalue weighted by molar-refractivity contribution is -0.182. The number of imide groups is 1. The zero-order valence-corrected chi connectivity index (χ0v) is 17.8. The molecule has 158 valence electrons. The maximum Gasteiger partial charge on any atom is 0.334 e. The number of ether oxygens (including phenoxy) is 1. The lowest BCUT2D eigenvalue weighted by Crippen LogP contribution is -2.73. The molecule has 2 aromatic rings. The maximum atomic E-state index is 13.2. The van der Waals surface area contributed by atoms with Gasteiger partial charge in [-0.05, 0) is 38.8 Å². The normalized spacial score (nSPS) is 19.6. The second-order valence-electron chi connectivity index (χ2n) is 8.68. The van der Waals surface area contributed by atoms with Crippen LogP contribution in [0.25, 0.3) is 0 Å². The molecule has 3 rings (SSSR count). The molecule has 1 saturated heterocycles. The zero-order valence-electron chi connectivity index (χ0n) is 17.8. The van der Waals surface area contributed by atoms with Crippen LogP contribution in [0, 0.1) is 0 Å². The minimum absolute atomic E-state index is 0.0655. The SMILES string of the molecule is C[C@@H](NC(=O)N1C(=O)C[C@@]1(Cc1ccccc1)C(=O)OC(C)(C)C)c1ccccc1. The number of nitrogens with zero attached hydrogens (tertiary/aromatic N) is 1. The summed E-state index contributed by atoms with van der Waals surface area (Å²) in [4.78, 5) is 39.8. The molecule has 1 N–H and O–H groups in total. The van der Waals surface area contributed by atoms with E-state index in [1.807, 2.05) is 67.6 Å². The lowest BCUT2D eigenvalue weighted by Gasteiger charge is -2.49. The van der Waals surface area contributed by atoms with Gasteiger partial charge in [0.2, 0.25) is 5.91 Å². The topological polar surface area (TPSA) is 75.7 Å². The van der Waals surface area contributed by atoms with Crippen molar-refractivity contribution in [3.05, 3.63) is 71.8 Å². The van der Waals surface area contributed by atoms with Gasteiger partial charge in [-0.15, -0.1) is 0 Å². The summed E-state index contributed by atoms with van der Waals surface area (Å²) in [7, 11) is 0. The van der Waals surface area contributed by atoms with Crippen LogP contribution in [0.3, 0.4) is 0 Å². The Labute approximate surface area is 177 Å². The van der Waals surface area contributed by atoms with E-state index >= 15 is 0 Å². The van der Waals surface area contributed by atoms with Gasteiger partial charge < -0.3 is 10.1 Å². The van der Waals surface area contributed by atoms with E-state index in [1.165, 1.54) is 0 Å². The van der Waals surface area contributed by atoms with E-state index in [0.29, 0.717) is 0 Å². The van der Waals surface area contributed by atoms with Crippen molar-refractivity contribution in [1.82, 2.24) is 10.2 Å². The molecule has 0 radical (unpaired) electrons. The summed E-state index contributed by atoms with van der Waals surface area (Å²) >= 11 is 0. The summed E-state index contributed by atoms with van der Waals surface area (Å²) in [5, 5.41) is 2.85. The monoisotopic (exact) mass is 408 g/mol. The predicted molar refractivity (Wildman–Crippen MR) is 114 cm³/mol. The summed E-state index contributed by atoms with van der Waals surface area (Å²) in [5.41, 5.74) is -0.333. The molecule has 0 bridgehead atoms. The molecule has 6 nitrogen and oxygen atoms in total. The quantitative estimate of drug-likeness (QED) is 0.599. The van der Waals surface area contributed by atoms with Crippen molar-refractivity contribution in [3.63, 3.8) is 0 Å². The molecule has 1 heterocycles. The van der Waals surface area contributed by atoms with E-state index in [2.05, 4.69) is 5.32 Å². The Morgan fingerprint density at radius 1 is 1.07 bits per heavy atom. The fraction of sp³-hybridized carbons (Fsp3) is 0.375. The van der Waals surface area contributed by atoms with Crippen molar-refractivity contribution < 1.29 is 19.1 Å². The molecule has 0 unspecified atom stereocenters. The van der Waals surface area contributed by atoms with Gasteiger partial charge in [0, 0.05) is 6.42 Å². The number of esters is 1. The average Bonchev–Trinajstić information content (AvgIpc) is 2.67. The molecule has 0 saturated carbocycles. The predicted octanol–water partition coefficient (Wildman–Crippen LogP) is 4.01. The molecule has 2 atom stereocenters. The van der Waals surface area contributed by atoms with Crippen LogP contribution in [0.15, 0.2) is 60.7 Å².